The molecule has 4 heterocycles. The molecule has 356 valence electrons. The van der Waals surface area contributed by atoms with Gasteiger partial charge in [0.15, 0.2) is 19.7 Å². The fourth-order valence-corrected chi connectivity index (χ4v) is 11.3. The number of H-pyrrole nitrogens is 2. The van der Waals surface area contributed by atoms with E-state index in [4.69, 9.17) is 46.4 Å². The summed E-state index contributed by atoms with van der Waals surface area (Å²) in [5.41, 5.74) is 4.23. The number of rotatable bonds is 12. The lowest BCUT2D eigenvalue weighted by Gasteiger charge is -2.34. The second-order valence-corrected chi connectivity index (χ2v) is 22.3. The number of anilines is 2. The van der Waals surface area contributed by atoms with Gasteiger partial charge in [-0.05, 0) is 47.5 Å². The lowest BCUT2D eigenvalue weighted by Crippen LogP contribution is -2.39. The highest BCUT2D eigenvalue weighted by Crippen LogP contribution is 2.44. The van der Waals surface area contributed by atoms with E-state index in [0.717, 1.165) is 0 Å². The number of nitrogens with zero attached hydrogens (tertiary/aromatic N) is 4. The molecular weight excluding hydrogens is 990 g/mol. The molecule has 2 aliphatic heterocycles. The largest absolute Gasteiger partial charge is 0.395 e. The number of aromatic nitrogens is 4. The molecule has 22 heteroatoms. The third-order valence-electron chi connectivity index (χ3n) is 12.0. The summed E-state index contributed by atoms with van der Waals surface area (Å²) >= 11 is 26.2. The zero-order valence-electron chi connectivity index (χ0n) is 35.6. The number of aromatic amines is 2. The molecule has 2 aliphatic rings. The Hall–Kier alpha value is -3.88. The third-order valence-corrected chi connectivity index (χ3v) is 16.8. The van der Waals surface area contributed by atoms with Crippen molar-refractivity contribution in [2.24, 2.45) is 0 Å². The number of hydrogen-bond acceptors (Lipinski definition) is 10. The second-order valence-electron chi connectivity index (χ2n) is 16.2. The number of halogens is 8. The SMILES string of the molecule is CCS(=O)(=O)c1ccc([C@@H](CO)c2nc3c(Cl)c(N4CCC(F)(F)CC4)c(Cl)cc3[nH]2)cc1.CCS(=O)(=O)c1ccc([C@H](CO)c2nc3c(Cl)c(N4CCC(F)(F)CC4)c(Cl)cc3[nH]2)cc1. The van der Waals surface area contributed by atoms with Gasteiger partial charge < -0.3 is 30.0 Å². The number of sulfone groups is 2. The Kier molecular flexibility index (Phi) is 14.9. The van der Waals surface area contributed by atoms with E-state index in [-0.39, 0.29) is 96.4 Å². The summed E-state index contributed by atoms with van der Waals surface area (Å²) in [5, 5.41) is 21.3. The smallest absolute Gasteiger partial charge is 0.251 e. The van der Waals surface area contributed by atoms with Crippen LogP contribution in [0.15, 0.2) is 70.5 Å². The molecule has 4 aromatic carbocycles. The fraction of sp³-hybridized carbons (Fsp3) is 0.409. The number of aliphatic hydroxyl groups excluding tert-OH is 2. The Labute approximate surface area is 399 Å². The van der Waals surface area contributed by atoms with Gasteiger partial charge in [0.2, 0.25) is 0 Å². The average Bonchev–Trinajstić information content (AvgIpc) is 3.90. The third kappa shape index (κ3) is 10.4. The van der Waals surface area contributed by atoms with Gasteiger partial charge in [0, 0.05) is 51.9 Å². The summed E-state index contributed by atoms with van der Waals surface area (Å²) < 4.78 is 103. The Morgan fingerprint density at radius 3 is 1.21 bits per heavy atom. The first-order chi connectivity index (χ1) is 31.1. The first-order valence-corrected chi connectivity index (χ1v) is 25.8. The van der Waals surface area contributed by atoms with E-state index < -0.39 is 43.4 Å². The maximum absolute atomic E-state index is 13.6. The van der Waals surface area contributed by atoms with Crippen molar-refractivity contribution in [3.05, 3.63) is 104 Å². The second kappa shape index (κ2) is 19.6. The molecule has 66 heavy (non-hydrogen) atoms. The van der Waals surface area contributed by atoms with E-state index >= 15 is 0 Å². The van der Waals surface area contributed by atoms with Crippen LogP contribution in [0.25, 0.3) is 22.1 Å². The maximum Gasteiger partial charge on any atom is 0.251 e. The molecule has 0 spiro atoms. The molecule has 2 atom stereocenters. The number of imidazole rings is 2. The number of aliphatic hydroxyl groups is 2. The van der Waals surface area contributed by atoms with Crippen LogP contribution in [0.1, 0.15) is 74.1 Å². The van der Waals surface area contributed by atoms with E-state index in [0.29, 0.717) is 66.3 Å². The van der Waals surface area contributed by atoms with Crippen LogP contribution < -0.4 is 9.80 Å². The van der Waals surface area contributed by atoms with Gasteiger partial charge in [-0.1, -0.05) is 84.5 Å². The average molecular weight is 1040 g/mol. The molecule has 2 saturated heterocycles. The highest BCUT2D eigenvalue weighted by Gasteiger charge is 2.37. The van der Waals surface area contributed by atoms with Crippen molar-refractivity contribution in [3.8, 4) is 0 Å². The van der Waals surface area contributed by atoms with Crippen LogP contribution in [0.3, 0.4) is 0 Å². The lowest BCUT2D eigenvalue weighted by molar-refractivity contribution is -0.0226. The number of benzene rings is 4. The Morgan fingerprint density at radius 1 is 0.606 bits per heavy atom. The fourth-order valence-electron chi connectivity index (χ4n) is 8.05. The summed E-state index contributed by atoms with van der Waals surface area (Å²) in [4.78, 5) is 19.3. The topological polar surface area (TPSA) is 173 Å². The van der Waals surface area contributed by atoms with Gasteiger partial charge in [0.1, 0.15) is 22.7 Å². The standard InChI is InChI=1S/2C22H23Cl2F2N3O3S/c2*1-2-33(31,32)14-5-3-13(4-6-14)15(12-30)21-27-17-11-16(23)20(18(24)19(17)28-21)29-9-7-22(25,26)8-10-29/h2*3-6,11,15,30H,2,7-10,12H2,1H3,(H,27,28)/t2*15-/m10/s1. The van der Waals surface area contributed by atoms with Crippen molar-refractivity contribution in [3.63, 3.8) is 0 Å². The van der Waals surface area contributed by atoms with E-state index in [1.54, 1.807) is 60.0 Å². The summed E-state index contributed by atoms with van der Waals surface area (Å²) in [5.74, 6) is -5.65. The molecule has 0 bridgehead atoms. The summed E-state index contributed by atoms with van der Waals surface area (Å²) in [6.45, 7) is 3.10. The number of fused-ring (bicyclic) bond motifs is 2. The molecule has 2 fully saturated rings. The monoisotopic (exact) mass is 1030 g/mol. The Balaban J connectivity index is 0.000000196. The minimum Gasteiger partial charge on any atom is -0.395 e. The molecule has 0 unspecified atom stereocenters. The van der Waals surface area contributed by atoms with Crippen molar-refractivity contribution in [1.82, 2.24) is 19.9 Å². The Morgan fingerprint density at radius 2 is 0.924 bits per heavy atom. The van der Waals surface area contributed by atoms with Crippen LogP contribution in [-0.4, -0.2) is 110 Å². The van der Waals surface area contributed by atoms with Crippen LogP contribution in [0.5, 0.6) is 0 Å². The normalized spacial score (nSPS) is 17.5. The lowest BCUT2D eigenvalue weighted by atomic mass is 9.99. The molecule has 0 amide bonds. The molecule has 12 nitrogen and oxygen atoms in total. The quantitative estimate of drug-likeness (QED) is 0.0865. The van der Waals surface area contributed by atoms with Crippen molar-refractivity contribution >= 4 is 99.5 Å². The van der Waals surface area contributed by atoms with Crippen LogP contribution in [-0.2, 0) is 19.7 Å². The highest BCUT2D eigenvalue weighted by molar-refractivity contribution is 7.91. The highest BCUT2D eigenvalue weighted by atomic mass is 35.5. The predicted octanol–water partition coefficient (Wildman–Crippen LogP) is 10.0. The molecule has 8 rings (SSSR count). The van der Waals surface area contributed by atoms with E-state index in [9.17, 15) is 44.6 Å². The van der Waals surface area contributed by atoms with Gasteiger partial charge in [-0.2, -0.15) is 0 Å². The van der Waals surface area contributed by atoms with Gasteiger partial charge in [0.25, 0.3) is 11.8 Å². The van der Waals surface area contributed by atoms with E-state index in [1.165, 1.54) is 24.3 Å². The van der Waals surface area contributed by atoms with Gasteiger partial charge in [-0.3, -0.25) is 0 Å². The van der Waals surface area contributed by atoms with Crippen LogP contribution in [0, 0.1) is 0 Å². The summed E-state index contributed by atoms with van der Waals surface area (Å²) in [7, 11) is -6.67. The van der Waals surface area contributed by atoms with Crippen molar-refractivity contribution in [2.75, 3.05) is 60.7 Å². The number of nitrogens with one attached hydrogen (secondary N) is 2. The Bertz CT molecular complexity index is 2740. The minimum absolute atomic E-state index is 0.00437. The van der Waals surface area contributed by atoms with E-state index in [1.807, 2.05) is 0 Å². The summed E-state index contributed by atoms with van der Waals surface area (Å²) in [6.07, 6.45) is -1.11. The number of hydrogen-bond donors (Lipinski definition) is 4. The molecule has 0 aliphatic carbocycles. The zero-order valence-corrected chi connectivity index (χ0v) is 40.2. The molecule has 0 radical (unpaired) electrons. The van der Waals surface area contributed by atoms with Gasteiger partial charge in [-0.25, -0.2) is 44.4 Å². The number of piperidine rings is 2. The van der Waals surface area contributed by atoms with Gasteiger partial charge in [0.05, 0.1) is 88.8 Å². The van der Waals surface area contributed by atoms with Gasteiger partial charge in [-0.15, -0.1) is 0 Å². The predicted molar refractivity (Wildman–Crippen MR) is 251 cm³/mol. The minimum atomic E-state index is -3.34. The molecular formula is C44H46Cl4F4N6O6S2. The number of alkyl halides is 4. The molecule has 6 aromatic rings. The van der Waals surface area contributed by atoms with Crippen LogP contribution in [0.2, 0.25) is 20.1 Å². The van der Waals surface area contributed by atoms with Gasteiger partial charge >= 0.3 is 0 Å². The van der Waals surface area contributed by atoms with Crippen LogP contribution >= 0.6 is 46.4 Å². The summed E-state index contributed by atoms with van der Waals surface area (Å²) in [6, 6.07) is 15.9. The molecule has 2 aromatic heterocycles. The molecule has 0 saturated carbocycles. The van der Waals surface area contributed by atoms with Crippen molar-refractivity contribution < 1.29 is 44.6 Å². The van der Waals surface area contributed by atoms with Crippen molar-refractivity contribution in [2.45, 2.75) is 73.0 Å². The first-order valence-electron chi connectivity index (χ1n) is 21.0. The molecule has 4 N–H and O–H groups in total. The van der Waals surface area contributed by atoms with E-state index in [2.05, 4.69) is 19.9 Å². The maximum atomic E-state index is 13.6. The first kappa shape index (κ1) is 50.0. The van der Waals surface area contributed by atoms with Crippen molar-refractivity contribution in [1.29, 1.82) is 0 Å². The zero-order chi connectivity index (χ0) is 47.9. The van der Waals surface area contributed by atoms with Crippen LogP contribution in [0.4, 0.5) is 28.9 Å².